The summed E-state index contributed by atoms with van der Waals surface area (Å²) in [7, 11) is 0. The van der Waals surface area contributed by atoms with Gasteiger partial charge < -0.3 is 14.6 Å². The molecule has 2 aromatic rings. The monoisotopic (exact) mass is 315 g/mol. The number of hydrogen-bond acceptors (Lipinski definition) is 5. The summed E-state index contributed by atoms with van der Waals surface area (Å²) >= 11 is 0. The summed E-state index contributed by atoms with van der Waals surface area (Å²) in [5, 5.41) is 3.03. The summed E-state index contributed by atoms with van der Waals surface area (Å²) in [4.78, 5) is 25.3. The summed E-state index contributed by atoms with van der Waals surface area (Å²) in [5.74, 6) is 1.25. The molecular weight excluding hydrogens is 294 g/mol. The number of rotatable bonds is 4. The first-order valence-corrected chi connectivity index (χ1v) is 7.84. The number of hydrogen-bond donors (Lipinski definition) is 1. The minimum Gasteiger partial charge on any atom is -0.368 e. The van der Waals surface area contributed by atoms with Gasteiger partial charge in [0, 0.05) is 31.2 Å². The highest BCUT2D eigenvalue weighted by molar-refractivity contribution is 5.92. The van der Waals surface area contributed by atoms with Crippen molar-refractivity contribution in [3.63, 3.8) is 0 Å². The number of ether oxygens (including phenoxy) is 1. The first kappa shape index (κ1) is 15.6. The van der Waals surface area contributed by atoms with E-state index in [0.29, 0.717) is 18.1 Å². The van der Waals surface area contributed by atoms with Crippen LogP contribution in [-0.2, 0) is 11.3 Å². The lowest BCUT2D eigenvalue weighted by Gasteiger charge is -2.20. The highest BCUT2D eigenvalue weighted by Gasteiger charge is 2.34. The van der Waals surface area contributed by atoms with Crippen molar-refractivity contribution in [3.8, 4) is 0 Å². The van der Waals surface area contributed by atoms with Crippen molar-refractivity contribution in [3.05, 3.63) is 41.5 Å². The second kappa shape index (κ2) is 6.45. The summed E-state index contributed by atoms with van der Waals surface area (Å²) in [5.41, 5.74) is 1.17. The zero-order chi connectivity index (χ0) is 16.4. The minimum absolute atomic E-state index is 0.106. The highest BCUT2D eigenvalue weighted by atomic mass is 16.5. The Labute approximate surface area is 135 Å². The van der Waals surface area contributed by atoms with E-state index in [1.165, 1.54) is 0 Å². The summed E-state index contributed by atoms with van der Waals surface area (Å²) in [6.45, 7) is 7.11. The van der Waals surface area contributed by atoms with Gasteiger partial charge in [0.1, 0.15) is 23.4 Å². The van der Waals surface area contributed by atoms with Crippen molar-refractivity contribution in [2.75, 3.05) is 6.61 Å². The van der Waals surface area contributed by atoms with Crippen LogP contribution < -0.4 is 5.32 Å². The third-order valence-electron chi connectivity index (χ3n) is 3.95. The van der Waals surface area contributed by atoms with E-state index in [2.05, 4.69) is 27.2 Å². The number of amides is 1. The molecular formula is C16H21N5O2. The molecule has 7 nitrogen and oxygen atoms in total. The van der Waals surface area contributed by atoms with Crippen LogP contribution in [0.15, 0.2) is 18.5 Å². The Morgan fingerprint density at radius 3 is 3.00 bits per heavy atom. The fourth-order valence-corrected chi connectivity index (χ4v) is 2.91. The van der Waals surface area contributed by atoms with Gasteiger partial charge in [0.25, 0.3) is 5.91 Å². The average Bonchev–Trinajstić information content (AvgIpc) is 3.13. The van der Waals surface area contributed by atoms with Gasteiger partial charge in [0.05, 0.1) is 6.04 Å². The van der Waals surface area contributed by atoms with E-state index in [1.54, 1.807) is 19.2 Å². The predicted octanol–water partition coefficient (Wildman–Crippen LogP) is 1.57. The van der Waals surface area contributed by atoms with E-state index in [0.717, 1.165) is 24.5 Å². The fraction of sp³-hybridized carbons (Fsp3) is 0.500. The number of nitrogens with zero attached hydrogens (tertiary/aromatic N) is 4. The smallest absolute Gasteiger partial charge is 0.270 e. The van der Waals surface area contributed by atoms with Gasteiger partial charge >= 0.3 is 0 Å². The van der Waals surface area contributed by atoms with Crippen LogP contribution in [0.25, 0.3) is 0 Å². The van der Waals surface area contributed by atoms with Gasteiger partial charge in [-0.3, -0.25) is 4.79 Å². The average molecular weight is 315 g/mol. The van der Waals surface area contributed by atoms with Crippen LogP contribution in [-0.4, -0.2) is 38.1 Å². The minimum atomic E-state index is -0.224. The third-order valence-corrected chi connectivity index (χ3v) is 3.95. The summed E-state index contributed by atoms with van der Waals surface area (Å²) in [6, 6.07) is 1.59. The molecule has 1 aliphatic heterocycles. The van der Waals surface area contributed by atoms with E-state index in [9.17, 15) is 4.79 Å². The molecule has 1 amide bonds. The lowest BCUT2D eigenvalue weighted by atomic mass is 10.1. The zero-order valence-electron chi connectivity index (χ0n) is 13.6. The van der Waals surface area contributed by atoms with Crippen molar-refractivity contribution in [2.45, 2.75) is 45.9 Å². The van der Waals surface area contributed by atoms with Gasteiger partial charge in [-0.05, 0) is 33.3 Å². The largest absolute Gasteiger partial charge is 0.368 e. The van der Waals surface area contributed by atoms with Crippen molar-refractivity contribution in [2.24, 2.45) is 0 Å². The van der Waals surface area contributed by atoms with Crippen LogP contribution in [0, 0.1) is 13.8 Å². The molecule has 0 unspecified atom stereocenters. The highest BCUT2D eigenvalue weighted by Crippen LogP contribution is 2.28. The molecule has 7 heteroatoms. The number of imidazole rings is 1. The van der Waals surface area contributed by atoms with Crippen LogP contribution in [0.2, 0.25) is 0 Å². The lowest BCUT2D eigenvalue weighted by Crippen LogP contribution is -2.38. The summed E-state index contributed by atoms with van der Waals surface area (Å²) < 4.78 is 7.84. The second-order valence-corrected chi connectivity index (χ2v) is 5.67. The van der Waals surface area contributed by atoms with E-state index < -0.39 is 0 Å². The molecule has 0 radical (unpaired) electrons. The Bertz CT molecular complexity index is 692. The maximum Gasteiger partial charge on any atom is 0.270 e. The molecule has 0 aromatic carbocycles. The van der Waals surface area contributed by atoms with Crippen molar-refractivity contribution < 1.29 is 9.53 Å². The standard InChI is InChI=1S/C16H21N5O2/c1-4-21-7-6-17-15(21)14-12(5-8-23-14)20-16(22)13-9-10(2)18-11(3)19-13/h6-7,9,12,14H,4-5,8H2,1-3H3,(H,20,22)/t12-,14-/m0/s1. The van der Waals surface area contributed by atoms with Gasteiger partial charge in [-0.2, -0.15) is 0 Å². The fourth-order valence-electron chi connectivity index (χ4n) is 2.91. The Kier molecular flexibility index (Phi) is 4.38. The molecule has 0 spiro atoms. The lowest BCUT2D eigenvalue weighted by molar-refractivity contribution is 0.0772. The number of carbonyl (C=O) groups is 1. The number of nitrogens with one attached hydrogen (secondary N) is 1. The molecule has 0 bridgehead atoms. The molecule has 122 valence electrons. The molecule has 0 saturated carbocycles. The van der Waals surface area contributed by atoms with Crippen LogP contribution in [0.5, 0.6) is 0 Å². The maximum absolute atomic E-state index is 12.5. The Balaban J connectivity index is 1.77. The Morgan fingerprint density at radius 2 is 2.26 bits per heavy atom. The van der Waals surface area contributed by atoms with E-state index >= 15 is 0 Å². The van der Waals surface area contributed by atoms with Gasteiger partial charge in [-0.15, -0.1) is 0 Å². The molecule has 0 aliphatic carbocycles. The van der Waals surface area contributed by atoms with Gasteiger partial charge in [0.2, 0.25) is 0 Å². The number of carbonyl (C=O) groups excluding carboxylic acids is 1. The molecule has 1 N–H and O–H groups in total. The SMILES string of the molecule is CCn1ccnc1[C@H]1OCC[C@@H]1NC(=O)c1cc(C)nc(C)n1. The Hall–Kier alpha value is -2.28. The van der Waals surface area contributed by atoms with Crippen LogP contribution in [0.3, 0.4) is 0 Å². The molecule has 1 aliphatic rings. The van der Waals surface area contributed by atoms with Crippen molar-refractivity contribution >= 4 is 5.91 Å². The van der Waals surface area contributed by atoms with Crippen LogP contribution in [0.4, 0.5) is 0 Å². The molecule has 23 heavy (non-hydrogen) atoms. The van der Waals surface area contributed by atoms with E-state index in [4.69, 9.17) is 4.74 Å². The van der Waals surface area contributed by atoms with Crippen LogP contribution in [0.1, 0.15) is 47.3 Å². The summed E-state index contributed by atoms with van der Waals surface area (Å²) in [6.07, 6.45) is 4.22. The topological polar surface area (TPSA) is 81.9 Å². The van der Waals surface area contributed by atoms with E-state index in [1.807, 2.05) is 17.7 Å². The molecule has 3 heterocycles. The molecule has 3 rings (SSSR count). The first-order chi connectivity index (χ1) is 11.1. The molecule has 1 fully saturated rings. The number of aromatic nitrogens is 4. The molecule has 2 atom stereocenters. The molecule has 1 saturated heterocycles. The second-order valence-electron chi connectivity index (χ2n) is 5.67. The third kappa shape index (κ3) is 3.24. The first-order valence-electron chi connectivity index (χ1n) is 7.84. The van der Waals surface area contributed by atoms with Crippen molar-refractivity contribution in [1.82, 2.24) is 24.8 Å². The zero-order valence-corrected chi connectivity index (χ0v) is 13.6. The quantitative estimate of drug-likeness (QED) is 0.926. The Morgan fingerprint density at radius 1 is 1.43 bits per heavy atom. The molecule has 2 aromatic heterocycles. The number of aryl methyl sites for hydroxylation is 3. The van der Waals surface area contributed by atoms with E-state index in [-0.39, 0.29) is 18.1 Å². The van der Waals surface area contributed by atoms with Crippen molar-refractivity contribution in [1.29, 1.82) is 0 Å². The van der Waals surface area contributed by atoms with Gasteiger partial charge in [0.15, 0.2) is 0 Å². The van der Waals surface area contributed by atoms with Gasteiger partial charge in [-0.25, -0.2) is 15.0 Å². The van der Waals surface area contributed by atoms with Crippen LogP contribution >= 0.6 is 0 Å². The maximum atomic E-state index is 12.5. The normalized spacial score (nSPS) is 20.7. The predicted molar refractivity (Wildman–Crippen MR) is 84.0 cm³/mol. The van der Waals surface area contributed by atoms with Gasteiger partial charge in [-0.1, -0.05) is 0 Å².